The second-order valence-electron chi connectivity index (χ2n) is 6.65. The van der Waals surface area contributed by atoms with Gasteiger partial charge in [0.15, 0.2) is 5.65 Å². The summed E-state index contributed by atoms with van der Waals surface area (Å²) in [6.07, 6.45) is 4.80. The Morgan fingerprint density at radius 2 is 2.08 bits per heavy atom. The van der Waals surface area contributed by atoms with Crippen molar-refractivity contribution in [2.45, 2.75) is 31.7 Å². The molecule has 4 N–H and O–H groups in total. The Morgan fingerprint density at radius 1 is 1.27 bits per heavy atom. The number of hydrogen-bond acceptors (Lipinski definition) is 5. The van der Waals surface area contributed by atoms with Crippen LogP contribution in [0.15, 0.2) is 41.3 Å². The Kier molecular flexibility index (Phi) is 4.16. The average molecular weight is 352 g/mol. The molecule has 1 fully saturated rings. The summed E-state index contributed by atoms with van der Waals surface area (Å²) < 4.78 is 1.64. The van der Waals surface area contributed by atoms with Gasteiger partial charge in [-0.15, -0.1) is 0 Å². The minimum Gasteiger partial charge on any atom is -0.369 e. The highest BCUT2D eigenvalue weighted by molar-refractivity contribution is 5.77. The maximum Gasteiger partial charge on any atom is 0.263 e. The fourth-order valence-corrected chi connectivity index (χ4v) is 3.52. The summed E-state index contributed by atoms with van der Waals surface area (Å²) in [5.41, 5.74) is 6.51. The third-order valence-electron chi connectivity index (χ3n) is 4.86. The number of amides is 1. The van der Waals surface area contributed by atoms with Crippen LogP contribution in [0.3, 0.4) is 0 Å². The van der Waals surface area contributed by atoms with E-state index in [-0.39, 0.29) is 23.4 Å². The minimum absolute atomic E-state index is 0.0509. The summed E-state index contributed by atoms with van der Waals surface area (Å²) >= 11 is 0. The van der Waals surface area contributed by atoms with Crippen LogP contribution in [0.25, 0.3) is 16.7 Å². The van der Waals surface area contributed by atoms with E-state index < -0.39 is 0 Å². The molecule has 8 heteroatoms. The molecule has 8 nitrogen and oxygen atoms in total. The van der Waals surface area contributed by atoms with Gasteiger partial charge in [-0.3, -0.25) is 14.6 Å². The van der Waals surface area contributed by atoms with Crippen molar-refractivity contribution in [3.8, 4) is 5.69 Å². The topological polar surface area (TPSA) is 119 Å². The summed E-state index contributed by atoms with van der Waals surface area (Å²) in [6.45, 7) is 0. The predicted octanol–water partition coefficient (Wildman–Crippen LogP) is 1.56. The van der Waals surface area contributed by atoms with Crippen molar-refractivity contribution < 1.29 is 4.79 Å². The van der Waals surface area contributed by atoms with Crippen LogP contribution in [0.1, 0.15) is 25.7 Å². The molecule has 2 atom stereocenters. The molecule has 0 bridgehead atoms. The monoisotopic (exact) mass is 352 g/mol. The van der Waals surface area contributed by atoms with Crippen molar-refractivity contribution in [3.05, 3.63) is 46.9 Å². The lowest BCUT2D eigenvalue weighted by Crippen LogP contribution is -2.35. The first kappa shape index (κ1) is 16.3. The fourth-order valence-electron chi connectivity index (χ4n) is 3.52. The van der Waals surface area contributed by atoms with Crippen molar-refractivity contribution in [1.82, 2.24) is 19.7 Å². The first-order chi connectivity index (χ1) is 12.6. The number of nitrogens with zero attached hydrogens (tertiary/aromatic N) is 3. The zero-order valence-electron chi connectivity index (χ0n) is 14.2. The first-order valence-corrected chi connectivity index (χ1v) is 8.71. The number of primary amides is 1. The molecular formula is C18H20N6O2. The zero-order valence-corrected chi connectivity index (χ0v) is 14.2. The van der Waals surface area contributed by atoms with Gasteiger partial charge in [-0.1, -0.05) is 24.6 Å². The number of hydrogen-bond donors (Lipinski definition) is 3. The van der Waals surface area contributed by atoms with Crippen LogP contribution in [-0.2, 0) is 4.79 Å². The molecule has 2 unspecified atom stereocenters. The molecule has 2 heterocycles. The highest BCUT2D eigenvalue weighted by Crippen LogP contribution is 2.26. The van der Waals surface area contributed by atoms with E-state index in [9.17, 15) is 9.59 Å². The first-order valence-electron chi connectivity index (χ1n) is 8.71. The van der Waals surface area contributed by atoms with Gasteiger partial charge in [-0.2, -0.15) is 10.1 Å². The molecule has 1 amide bonds. The van der Waals surface area contributed by atoms with E-state index in [4.69, 9.17) is 5.73 Å². The number of nitrogens with one attached hydrogen (secondary N) is 2. The van der Waals surface area contributed by atoms with Crippen LogP contribution in [0.4, 0.5) is 5.95 Å². The lowest BCUT2D eigenvalue weighted by Gasteiger charge is -2.28. The second-order valence-corrected chi connectivity index (χ2v) is 6.65. The Bertz CT molecular complexity index is 994. The molecule has 0 aliphatic heterocycles. The quantitative estimate of drug-likeness (QED) is 0.658. The second kappa shape index (κ2) is 6.62. The van der Waals surface area contributed by atoms with Crippen molar-refractivity contribution in [3.63, 3.8) is 0 Å². The zero-order chi connectivity index (χ0) is 18.1. The molecule has 0 radical (unpaired) electrons. The normalized spacial score (nSPS) is 20.2. The molecule has 4 rings (SSSR count). The van der Waals surface area contributed by atoms with Gasteiger partial charge in [0.25, 0.3) is 5.56 Å². The lowest BCUT2D eigenvalue weighted by atomic mass is 9.85. The summed E-state index contributed by atoms with van der Waals surface area (Å²) in [6, 6.07) is 9.58. The van der Waals surface area contributed by atoms with Crippen molar-refractivity contribution in [1.29, 1.82) is 0 Å². The van der Waals surface area contributed by atoms with Gasteiger partial charge in [0, 0.05) is 12.0 Å². The van der Waals surface area contributed by atoms with E-state index >= 15 is 0 Å². The SMILES string of the molecule is NC(=O)C1CCCC(Nc2nc3c(cnn3-c3ccccc3)c(=O)[nH]2)C1. The van der Waals surface area contributed by atoms with Crippen LogP contribution >= 0.6 is 0 Å². The van der Waals surface area contributed by atoms with Crippen LogP contribution in [0.2, 0.25) is 0 Å². The summed E-state index contributed by atoms with van der Waals surface area (Å²) in [5.74, 6) is -0.0163. The summed E-state index contributed by atoms with van der Waals surface area (Å²) in [7, 11) is 0. The number of fused-ring (bicyclic) bond motifs is 1. The largest absolute Gasteiger partial charge is 0.369 e. The Hall–Kier alpha value is -3.16. The van der Waals surface area contributed by atoms with E-state index in [1.54, 1.807) is 4.68 Å². The van der Waals surface area contributed by atoms with Crippen LogP contribution in [0.5, 0.6) is 0 Å². The standard InChI is InChI=1S/C18H20N6O2/c19-15(25)11-5-4-6-12(9-11)21-18-22-16-14(17(26)23-18)10-20-24(16)13-7-2-1-3-8-13/h1-3,7-8,10-12H,4-6,9H2,(H2,19,25)(H2,21,22,23,26). The molecule has 26 heavy (non-hydrogen) atoms. The minimum atomic E-state index is -0.268. The van der Waals surface area contributed by atoms with E-state index in [0.717, 1.165) is 24.9 Å². The van der Waals surface area contributed by atoms with Crippen molar-refractivity contribution in [2.24, 2.45) is 11.7 Å². The van der Waals surface area contributed by atoms with Gasteiger partial charge in [-0.05, 0) is 31.4 Å². The number of para-hydroxylation sites is 1. The van der Waals surface area contributed by atoms with Crippen LogP contribution < -0.4 is 16.6 Å². The molecular weight excluding hydrogens is 332 g/mol. The lowest BCUT2D eigenvalue weighted by molar-refractivity contribution is -0.122. The molecule has 2 aromatic heterocycles. The van der Waals surface area contributed by atoms with Crippen molar-refractivity contribution >= 4 is 22.9 Å². The number of H-pyrrole nitrogens is 1. The molecule has 0 saturated heterocycles. The number of aromatic amines is 1. The molecule has 1 aliphatic rings. The predicted molar refractivity (Wildman–Crippen MR) is 98.0 cm³/mol. The van der Waals surface area contributed by atoms with Gasteiger partial charge in [0.2, 0.25) is 11.9 Å². The van der Waals surface area contributed by atoms with Crippen LogP contribution in [0, 0.1) is 5.92 Å². The molecule has 134 valence electrons. The Labute approximate surface area is 149 Å². The van der Waals surface area contributed by atoms with E-state index in [1.165, 1.54) is 6.20 Å². The van der Waals surface area contributed by atoms with E-state index in [0.29, 0.717) is 23.4 Å². The van der Waals surface area contributed by atoms with Gasteiger partial charge in [-0.25, -0.2) is 4.68 Å². The number of rotatable bonds is 4. The number of carbonyl (C=O) groups excluding carboxylic acids is 1. The van der Waals surface area contributed by atoms with Gasteiger partial charge >= 0.3 is 0 Å². The third kappa shape index (κ3) is 3.05. The van der Waals surface area contributed by atoms with Gasteiger partial charge in [0.05, 0.1) is 11.9 Å². The summed E-state index contributed by atoms with van der Waals surface area (Å²) in [5, 5.41) is 7.98. The highest BCUT2D eigenvalue weighted by Gasteiger charge is 2.26. The van der Waals surface area contributed by atoms with E-state index in [2.05, 4.69) is 20.4 Å². The maximum atomic E-state index is 12.4. The molecule has 3 aromatic rings. The number of carbonyl (C=O) groups is 1. The Balaban J connectivity index is 1.66. The third-order valence-corrected chi connectivity index (χ3v) is 4.86. The number of nitrogens with two attached hydrogens (primary N) is 1. The average Bonchev–Trinajstić information content (AvgIpc) is 3.07. The van der Waals surface area contributed by atoms with Gasteiger partial charge < -0.3 is 11.1 Å². The molecule has 1 saturated carbocycles. The number of benzene rings is 1. The van der Waals surface area contributed by atoms with Crippen LogP contribution in [-0.4, -0.2) is 31.7 Å². The molecule has 1 aromatic carbocycles. The number of anilines is 1. The smallest absolute Gasteiger partial charge is 0.263 e. The highest BCUT2D eigenvalue weighted by atomic mass is 16.1. The van der Waals surface area contributed by atoms with E-state index in [1.807, 2.05) is 30.3 Å². The Morgan fingerprint density at radius 3 is 2.85 bits per heavy atom. The van der Waals surface area contributed by atoms with Crippen molar-refractivity contribution in [2.75, 3.05) is 5.32 Å². The number of aromatic nitrogens is 4. The molecule has 1 aliphatic carbocycles. The van der Waals surface area contributed by atoms with Gasteiger partial charge in [0.1, 0.15) is 5.39 Å². The molecule has 0 spiro atoms. The summed E-state index contributed by atoms with van der Waals surface area (Å²) in [4.78, 5) is 31.2. The maximum absolute atomic E-state index is 12.4. The fraction of sp³-hybridized carbons (Fsp3) is 0.333.